The molecular weight excluding hydrogens is 436 g/mol. The number of carbonyl (C=O) groups is 2. The zero-order valence-corrected chi connectivity index (χ0v) is 19.4. The van der Waals surface area contributed by atoms with Crippen LogP contribution in [0.4, 0.5) is 5.69 Å². The molecule has 0 radical (unpaired) electrons. The van der Waals surface area contributed by atoms with E-state index in [9.17, 15) is 18.0 Å². The summed E-state index contributed by atoms with van der Waals surface area (Å²) >= 11 is 5.87. The summed E-state index contributed by atoms with van der Waals surface area (Å²) in [5.74, 6) is 0.172. The highest BCUT2D eigenvalue weighted by Gasteiger charge is 2.29. The normalized spacial score (nSPS) is 21.4. The summed E-state index contributed by atoms with van der Waals surface area (Å²) in [4.78, 5) is 24.6. The van der Waals surface area contributed by atoms with Crippen LogP contribution in [-0.2, 0) is 14.6 Å². The summed E-state index contributed by atoms with van der Waals surface area (Å²) < 4.78 is 26.3. The molecule has 2 amide bonds. The molecule has 6 nitrogen and oxygen atoms in total. The summed E-state index contributed by atoms with van der Waals surface area (Å²) in [5, 5.41) is 6.04. The lowest BCUT2D eigenvalue weighted by Gasteiger charge is -2.34. The molecular formula is C23H27ClN2O4S. The third kappa shape index (κ3) is 5.28. The molecule has 166 valence electrons. The molecule has 2 aromatic rings. The van der Waals surface area contributed by atoms with Gasteiger partial charge in [0.2, 0.25) is 15.7 Å². The number of benzene rings is 2. The fourth-order valence-electron chi connectivity index (χ4n) is 3.97. The van der Waals surface area contributed by atoms with Crippen molar-refractivity contribution in [2.24, 2.45) is 11.8 Å². The van der Waals surface area contributed by atoms with Crippen LogP contribution >= 0.6 is 11.6 Å². The van der Waals surface area contributed by atoms with E-state index in [4.69, 9.17) is 11.6 Å². The van der Waals surface area contributed by atoms with Crippen LogP contribution in [-0.4, -0.2) is 26.3 Å². The van der Waals surface area contributed by atoms with Crippen molar-refractivity contribution in [3.63, 3.8) is 0 Å². The lowest BCUT2D eigenvalue weighted by atomic mass is 9.78. The van der Waals surface area contributed by atoms with Crippen LogP contribution in [0.2, 0.25) is 5.02 Å². The number of amides is 2. The van der Waals surface area contributed by atoms with Gasteiger partial charge in [-0.05, 0) is 60.7 Å². The summed E-state index contributed by atoms with van der Waals surface area (Å²) in [6.45, 7) is 5.62. The molecule has 1 fully saturated rings. The van der Waals surface area contributed by atoms with Crippen molar-refractivity contribution in [2.75, 3.05) is 5.32 Å². The van der Waals surface area contributed by atoms with Crippen LogP contribution in [0.25, 0.3) is 0 Å². The molecule has 2 aromatic carbocycles. The fraction of sp³-hybridized carbons (Fsp3) is 0.391. The summed E-state index contributed by atoms with van der Waals surface area (Å²) in [5.41, 5.74) is 0.365. The summed E-state index contributed by atoms with van der Waals surface area (Å²) in [7, 11) is -3.92. The average molecular weight is 463 g/mol. The van der Waals surface area contributed by atoms with Crippen molar-refractivity contribution in [2.45, 2.75) is 55.9 Å². The van der Waals surface area contributed by atoms with Crippen molar-refractivity contribution < 1.29 is 18.0 Å². The van der Waals surface area contributed by atoms with Gasteiger partial charge in [-0.1, -0.05) is 38.3 Å². The predicted molar refractivity (Wildman–Crippen MR) is 121 cm³/mol. The number of nitrogens with one attached hydrogen (secondary N) is 2. The number of rotatable bonds is 5. The Hall–Kier alpha value is -2.38. The van der Waals surface area contributed by atoms with Crippen molar-refractivity contribution in [1.29, 1.82) is 0 Å². The van der Waals surface area contributed by atoms with Gasteiger partial charge in [-0.15, -0.1) is 0 Å². The number of sulfone groups is 1. The van der Waals surface area contributed by atoms with E-state index in [2.05, 4.69) is 24.5 Å². The van der Waals surface area contributed by atoms with Crippen molar-refractivity contribution in [3.05, 3.63) is 53.1 Å². The second-order valence-corrected chi connectivity index (χ2v) is 10.6. The van der Waals surface area contributed by atoms with Gasteiger partial charge in [0.25, 0.3) is 5.91 Å². The lowest BCUT2D eigenvalue weighted by molar-refractivity contribution is -0.114. The van der Waals surface area contributed by atoms with Crippen LogP contribution in [0.15, 0.2) is 52.3 Å². The van der Waals surface area contributed by atoms with Crippen LogP contribution in [0, 0.1) is 11.8 Å². The Labute approximate surface area is 188 Å². The van der Waals surface area contributed by atoms with Gasteiger partial charge in [-0.25, -0.2) is 8.42 Å². The molecule has 2 N–H and O–H groups in total. The maximum Gasteiger partial charge on any atom is 0.251 e. The van der Waals surface area contributed by atoms with Gasteiger partial charge in [0, 0.05) is 23.6 Å². The van der Waals surface area contributed by atoms with Crippen LogP contribution in [0.3, 0.4) is 0 Å². The summed E-state index contributed by atoms with van der Waals surface area (Å²) in [6, 6.07) is 10.1. The molecule has 0 bridgehead atoms. The van der Waals surface area contributed by atoms with E-state index < -0.39 is 15.7 Å². The van der Waals surface area contributed by atoms with Gasteiger partial charge in [-0.3, -0.25) is 9.59 Å². The Kier molecular flexibility index (Phi) is 7.06. The van der Waals surface area contributed by atoms with Crippen molar-refractivity contribution in [1.82, 2.24) is 5.32 Å². The number of carbonyl (C=O) groups excluding carboxylic acids is 2. The first-order valence-corrected chi connectivity index (χ1v) is 12.2. The number of halogens is 1. The molecule has 0 aliphatic heterocycles. The molecule has 0 unspecified atom stereocenters. The largest absolute Gasteiger partial charge is 0.349 e. The molecule has 1 saturated carbocycles. The first-order chi connectivity index (χ1) is 14.6. The molecule has 31 heavy (non-hydrogen) atoms. The molecule has 1 aliphatic rings. The molecule has 0 spiro atoms. The van der Waals surface area contributed by atoms with Crippen molar-refractivity contribution in [3.8, 4) is 0 Å². The number of hydrogen-bond donors (Lipinski definition) is 2. The van der Waals surface area contributed by atoms with Crippen molar-refractivity contribution >= 4 is 38.9 Å². The highest BCUT2D eigenvalue weighted by atomic mass is 35.5. The van der Waals surface area contributed by atoms with Gasteiger partial charge in [-0.2, -0.15) is 0 Å². The fourth-order valence-corrected chi connectivity index (χ4v) is 5.49. The standard InChI is InChI=1S/C23H27ClN2O4S/c1-14-5-4-6-20(15(14)2)26-23(28)17-7-12-22(21(13-17)25-16(3)27)31(29,30)19-10-8-18(24)9-11-19/h7-15,20H,4-6H2,1-3H3,(H,25,27)(H,26,28)/t14-,15+,20+/m0/s1. The highest BCUT2D eigenvalue weighted by Crippen LogP contribution is 2.31. The maximum absolute atomic E-state index is 13.1. The number of hydrogen-bond acceptors (Lipinski definition) is 4. The quantitative estimate of drug-likeness (QED) is 0.674. The van der Waals surface area contributed by atoms with E-state index in [0.717, 1.165) is 19.3 Å². The molecule has 3 atom stereocenters. The average Bonchev–Trinajstić information content (AvgIpc) is 2.71. The Morgan fingerprint density at radius 2 is 1.71 bits per heavy atom. The Morgan fingerprint density at radius 1 is 1.03 bits per heavy atom. The second-order valence-electron chi connectivity index (χ2n) is 8.20. The van der Waals surface area contributed by atoms with Crippen LogP contribution in [0.5, 0.6) is 0 Å². The topological polar surface area (TPSA) is 92.3 Å². The van der Waals surface area contributed by atoms with Crippen LogP contribution < -0.4 is 10.6 Å². The lowest BCUT2D eigenvalue weighted by Crippen LogP contribution is -2.43. The Balaban J connectivity index is 1.93. The third-order valence-electron chi connectivity index (χ3n) is 5.99. The Bertz CT molecular complexity index is 1080. The zero-order chi connectivity index (χ0) is 22.8. The minimum atomic E-state index is -3.92. The minimum Gasteiger partial charge on any atom is -0.349 e. The maximum atomic E-state index is 13.1. The molecule has 8 heteroatoms. The molecule has 0 heterocycles. The molecule has 3 rings (SSSR count). The van der Waals surface area contributed by atoms with E-state index in [-0.39, 0.29) is 27.4 Å². The number of anilines is 1. The van der Waals surface area contributed by atoms with Gasteiger partial charge >= 0.3 is 0 Å². The zero-order valence-electron chi connectivity index (χ0n) is 17.8. The van der Waals surface area contributed by atoms with Gasteiger partial charge in [0.15, 0.2) is 0 Å². The first kappa shape index (κ1) is 23.3. The SMILES string of the molecule is CC(=O)Nc1cc(C(=O)N[C@@H]2CCC[C@H](C)[C@H]2C)ccc1S(=O)(=O)c1ccc(Cl)cc1. The monoisotopic (exact) mass is 462 g/mol. The summed E-state index contributed by atoms with van der Waals surface area (Å²) in [6.07, 6.45) is 3.13. The van der Waals surface area contributed by atoms with E-state index in [1.807, 2.05) is 0 Å². The predicted octanol–water partition coefficient (Wildman–Crippen LogP) is 4.69. The highest BCUT2D eigenvalue weighted by molar-refractivity contribution is 7.91. The van der Waals surface area contributed by atoms with E-state index in [1.165, 1.54) is 49.4 Å². The van der Waals surface area contributed by atoms with Crippen LogP contribution in [0.1, 0.15) is 50.4 Å². The minimum absolute atomic E-state index is 0.0470. The Morgan fingerprint density at radius 3 is 2.35 bits per heavy atom. The van der Waals surface area contributed by atoms with Gasteiger partial charge < -0.3 is 10.6 Å². The molecule has 1 aliphatic carbocycles. The second kappa shape index (κ2) is 9.40. The van der Waals surface area contributed by atoms with Gasteiger partial charge in [0.1, 0.15) is 0 Å². The van der Waals surface area contributed by atoms with E-state index >= 15 is 0 Å². The third-order valence-corrected chi connectivity index (χ3v) is 8.07. The molecule has 0 saturated heterocycles. The molecule has 0 aromatic heterocycles. The smallest absolute Gasteiger partial charge is 0.251 e. The van der Waals surface area contributed by atoms with E-state index in [1.54, 1.807) is 0 Å². The van der Waals surface area contributed by atoms with E-state index in [0.29, 0.717) is 22.4 Å². The first-order valence-electron chi connectivity index (χ1n) is 10.3. The van der Waals surface area contributed by atoms with Gasteiger partial charge in [0.05, 0.1) is 15.5 Å².